The van der Waals surface area contributed by atoms with Gasteiger partial charge in [0.25, 0.3) is 0 Å². The van der Waals surface area contributed by atoms with E-state index in [-0.39, 0.29) is 11.8 Å². The summed E-state index contributed by atoms with van der Waals surface area (Å²) in [6, 6.07) is 7.99. The number of rotatable bonds is 9. The molecule has 4 nitrogen and oxygen atoms in total. The number of carbonyl (C=O) groups excluding carboxylic acids is 2. The molecule has 0 amide bonds. The molecule has 2 rings (SSSR count). The lowest BCUT2D eigenvalue weighted by molar-refractivity contribution is -0.143. The van der Waals surface area contributed by atoms with Crippen molar-refractivity contribution >= 4 is 23.5 Å². The van der Waals surface area contributed by atoms with Gasteiger partial charge in [0.05, 0.1) is 6.61 Å². The Labute approximate surface area is 148 Å². The zero-order chi connectivity index (χ0) is 17.2. The number of thioether (sulfide) groups is 1. The van der Waals surface area contributed by atoms with Crippen molar-refractivity contribution in [1.29, 1.82) is 0 Å². The minimum absolute atomic E-state index is 0.153. The first-order chi connectivity index (χ1) is 11.7. The first-order valence-corrected chi connectivity index (χ1v) is 9.92. The molecule has 0 atom stereocenters. The highest BCUT2D eigenvalue weighted by Crippen LogP contribution is 2.15. The SMILES string of the molecule is CCOC(=O)CCCCC(=O)c1ccc(CN2CCSCC2)cc1. The van der Waals surface area contributed by atoms with Crippen LogP contribution in [0, 0.1) is 0 Å². The molecule has 0 spiro atoms. The Kier molecular flexibility index (Phi) is 8.33. The molecule has 1 aliphatic rings. The van der Waals surface area contributed by atoms with Crippen LogP contribution in [0.3, 0.4) is 0 Å². The summed E-state index contributed by atoms with van der Waals surface area (Å²) in [6.45, 7) is 5.47. The van der Waals surface area contributed by atoms with Gasteiger partial charge in [-0.1, -0.05) is 24.3 Å². The summed E-state index contributed by atoms with van der Waals surface area (Å²) in [6.07, 6.45) is 2.32. The van der Waals surface area contributed by atoms with E-state index in [0.717, 1.165) is 31.6 Å². The molecule has 0 aliphatic carbocycles. The molecule has 0 saturated carbocycles. The summed E-state index contributed by atoms with van der Waals surface area (Å²) in [5.74, 6) is 2.40. The molecule has 1 aliphatic heterocycles. The molecule has 0 N–H and O–H groups in total. The fourth-order valence-corrected chi connectivity index (χ4v) is 3.72. The smallest absolute Gasteiger partial charge is 0.305 e. The summed E-state index contributed by atoms with van der Waals surface area (Å²) < 4.78 is 4.88. The average Bonchev–Trinajstić information content (AvgIpc) is 2.60. The summed E-state index contributed by atoms with van der Waals surface area (Å²) in [4.78, 5) is 25.9. The van der Waals surface area contributed by atoms with Crippen LogP contribution in [-0.2, 0) is 16.1 Å². The van der Waals surface area contributed by atoms with E-state index in [2.05, 4.69) is 17.0 Å². The largest absolute Gasteiger partial charge is 0.466 e. The van der Waals surface area contributed by atoms with E-state index >= 15 is 0 Å². The number of carbonyl (C=O) groups is 2. The second kappa shape index (κ2) is 10.5. The Morgan fingerprint density at radius 1 is 1.08 bits per heavy atom. The van der Waals surface area contributed by atoms with Crippen LogP contribution in [0.5, 0.6) is 0 Å². The third-order valence-electron chi connectivity index (χ3n) is 4.13. The normalized spacial score (nSPS) is 15.2. The lowest BCUT2D eigenvalue weighted by atomic mass is 10.0. The number of hydrogen-bond donors (Lipinski definition) is 0. The molecule has 1 aromatic carbocycles. The third-order valence-corrected chi connectivity index (χ3v) is 5.07. The molecule has 24 heavy (non-hydrogen) atoms. The molecule has 1 aromatic rings. The van der Waals surface area contributed by atoms with E-state index in [1.807, 2.05) is 23.9 Å². The fourth-order valence-electron chi connectivity index (χ4n) is 2.75. The molecule has 0 unspecified atom stereocenters. The van der Waals surface area contributed by atoms with Gasteiger partial charge in [-0.2, -0.15) is 11.8 Å². The Morgan fingerprint density at radius 2 is 1.75 bits per heavy atom. The first-order valence-electron chi connectivity index (χ1n) is 8.77. The van der Waals surface area contributed by atoms with Crippen LogP contribution in [0.1, 0.15) is 48.5 Å². The van der Waals surface area contributed by atoms with Crippen LogP contribution >= 0.6 is 11.8 Å². The number of ether oxygens (including phenoxy) is 1. The maximum atomic E-state index is 12.2. The highest BCUT2D eigenvalue weighted by atomic mass is 32.2. The number of nitrogens with zero attached hydrogens (tertiary/aromatic N) is 1. The van der Waals surface area contributed by atoms with E-state index in [1.165, 1.54) is 17.1 Å². The quantitative estimate of drug-likeness (QED) is 0.388. The molecule has 0 radical (unpaired) electrons. The minimum Gasteiger partial charge on any atom is -0.466 e. The topological polar surface area (TPSA) is 46.6 Å². The number of benzene rings is 1. The fraction of sp³-hybridized carbons (Fsp3) is 0.579. The van der Waals surface area contributed by atoms with E-state index in [4.69, 9.17) is 4.74 Å². The van der Waals surface area contributed by atoms with Gasteiger partial charge in [0.1, 0.15) is 0 Å². The van der Waals surface area contributed by atoms with Crippen LogP contribution in [0.2, 0.25) is 0 Å². The molecule has 132 valence electrons. The number of unbranched alkanes of at least 4 members (excludes halogenated alkanes) is 1. The molecule has 0 bridgehead atoms. The molecule has 1 saturated heterocycles. The molecule has 1 fully saturated rings. The maximum Gasteiger partial charge on any atom is 0.305 e. The van der Waals surface area contributed by atoms with E-state index < -0.39 is 0 Å². The Hall–Kier alpha value is -1.33. The van der Waals surface area contributed by atoms with Crippen molar-refractivity contribution in [1.82, 2.24) is 4.90 Å². The Morgan fingerprint density at radius 3 is 2.42 bits per heavy atom. The summed E-state index contributed by atoms with van der Waals surface area (Å²) >= 11 is 2.01. The van der Waals surface area contributed by atoms with Gasteiger partial charge in [0.15, 0.2) is 5.78 Å². The van der Waals surface area contributed by atoms with Crippen LogP contribution < -0.4 is 0 Å². The van der Waals surface area contributed by atoms with E-state index in [0.29, 0.717) is 25.9 Å². The lowest BCUT2D eigenvalue weighted by Gasteiger charge is -2.26. The Bertz CT molecular complexity index is 524. The van der Waals surface area contributed by atoms with Crippen molar-refractivity contribution in [2.45, 2.75) is 39.2 Å². The molecular weight excluding hydrogens is 322 g/mol. The van der Waals surface area contributed by atoms with Gasteiger partial charge in [0.2, 0.25) is 0 Å². The lowest BCUT2D eigenvalue weighted by Crippen LogP contribution is -2.31. The van der Waals surface area contributed by atoms with Crippen molar-refractivity contribution in [2.24, 2.45) is 0 Å². The van der Waals surface area contributed by atoms with Gasteiger partial charge >= 0.3 is 5.97 Å². The standard InChI is InChI=1S/C19H27NO3S/c1-2-23-19(22)6-4-3-5-18(21)17-9-7-16(8-10-17)15-20-11-13-24-14-12-20/h7-10H,2-6,11-15H2,1H3. The summed E-state index contributed by atoms with van der Waals surface area (Å²) in [7, 11) is 0. The maximum absolute atomic E-state index is 12.2. The zero-order valence-electron chi connectivity index (χ0n) is 14.5. The second-order valence-corrected chi connectivity index (χ2v) is 7.25. The molecule has 5 heteroatoms. The highest BCUT2D eigenvalue weighted by molar-refractivity contribution is 7.99. The van der Waals surface area contributed by atoms with Gasteiger partial charge in [-0.25, -0.2) is 0 Å². The summed E-state index contributed by atoms with van der Waals surface area (Å²) in [5, 5.41) is 0. The first kappa shape index (κ1) is 19.0. The van der Waals surface area contributed by atoms with Crippen molar-refractivity contribution < 1.29 is 14.3 Å². The third kappa shape index (κ3) is 6.65. The van der Waals surface area contributed by atoms with E-state index in [1.54, 1.807) is 6.92 Å². The van der Waals surface area contributed by atoms with E-state index in [9.17, 15) is 9.59 Å². The summed E-state index contributed by atoms with van der Waals surface area (Å²) in [5.41, 5.74) is 2.03. The monoisotopic (exact) mass is 349 g/mol. The van der Waals surface area contributed by atoms with Gasteiger partial charge in [-0.15, -0.1) is 0 Å². The van der Waals surface area contributed by atoms with Crippen LogP contribution in [0.25, 0.3) is 0 Å². The van der Waals surface area contributed by atoms with Gasteiger partial charge in [-0.05, 0) is 25.3 Å². The van der Waals surface area contributed by atoms with Gasteiger partial charge in [-0.3, -0.25) is 14.5 Å². The van der Waals surface area contributed by atoms with Crippen LogP contribution in [0.4, 0.5) is 0 Å². The Balaban J connectivity index is 1.71. The van der Waals surface area contributed by atoms with Gasteiger partial charge in [0, 0.05) is 49.5 Å². The number of ketones is 1. The van der Waals surface area contributed by atoms with Crippen molar-refractivity contribution in [3.8, 4) is 0 Å². The number of esters is 1. The van der Waals surface area contributed by atoms with Crippen molar-refractivity contribution in [3.63, 3.8) is 0 Å². The van der Waals surface area contributed by atoms with Crippen molar-refractivity contribution in [2.75, 3.05) is 31.2 Å². The van der Waals surface area contributed by atoms with Gasteiger partial charge < -0.3 is 4.74 Å². The van der Waals surface area contributed by atoms with Crippen LogP contribution in [-0.4, -0.2) is 47.9 Å². The number of hydrogen-bond acceptors (Lipinski definition) is 5. The van der Waals surface area contributed by atoms with Crippen LogP contribution in [0.15, 0.2) is 24.3 Å². The minimum atomic E-state index is -0.176. The predicted molar refractivity (Wildman–Crippen MR) is 98.5 cm³/mol. The predicted octanol–water partition coefficient (Wildman–Crippen LogP) is 3.54. The zero-order valence-corrected chi connectivity index (χ0v) is 15.3. The van der Waals surface area contributed by atoms with Crippen molar-refractivity contribution in [3.05, 3.63) is 35.4 Å². The molecule has 1 heterocycles. The molecule has 0 aromatic heterocycles. The number of Topliss-reactive ketones (excluding diaryl/α,β-unsaturated/α-hetero) is 1. The average molecular weight is 349 g/mol. The second-order valence-electron chi connectivity index (χ2n) is 6.02. The highest BCUT2D eigenvalue weighted by Gasteiger charge is 2.11. The molecular formula is C19H27NO3S.